The number of hydrogen-bond acceptors (Lipinski definition) is 3. The van der Waals surface area contributed by atoms with Crippen molar-refractivity contribution in [3.8, 4) is 0 Å². The first-order chi connectivity index (χ1) is 9.80. The van der Waals surface area contributed by atoms with Crippen molar-refractivity contribution in [3.05, 3.63) is 23.8 Å². The Kier molecular flexibility index (Phi) is 5.72. The molecular formula is C17H28N2O. The molecule has 0 spiro atoms. The van der Waals surface area contributed by atoms with Gasteiger partial charge in [0.2, 0.25) is 0 Å². The third-order valence-electron chi connectivity index (χ3n) is 4.28. The summed E-state index contributed by atoms with van der Waals surface area (Å²) in [6.45, 7) is 7.40. The highest BCUT2D eigenvalue weighted by atomic mass is 16.5. The van der Waals surface area contributed by atoms with Gasteiger partial charge in [-0.25, -0.2) is 0 Å². The van der Waals surface area contributed by atoms with Gasteiger partial charge in [0, 0.05) is 37.6 Å². The summed E-state index contributed by atoms with van der Waals surface area (Å²) >= 11 is 0. The zero-order valence-electron chi connectivity index (χ0n) is 13.1. The third kappa shape index (κ3) is 3.45. The van der Waals surface area contributed by atoms with E-state index in [2.05, 4.69) is 42.3 Å². The van der Waals surface area contributed by atoms with E-state index in [1.807, 2.05) is 0 Å². The molecule has 3 heteroatoms. The minimum absolute atomic E-state index is 0.597. The predicted octanol–water partition coefficient (Wildman–Crippen LogP) is 3.69. The lowest BCUT2D eigenvalue weighted by Crippen LogP contribution is -2.37. The first-order valence-electron chi connectivity index (χ1n) is 7.92. The second-order valence-corrected chi connectivity index (χ2v) is 5.53. The number of hydrogen-bond donors (Lipinski definition) is 1. The van der Waals surface area contributed by atoms with Crippen LogP contribution in [0.2, 0.25) is 0 Å². The maximum atomic E-state index is 5.29. The first kappa shape index (κ1) is 15.2. The van der Waals surface area contributed by atoms with Gasteiger partial charge in [-0.3, -0.25) is 0 Å². The number of nitrogens with zero attached hydrogens (tertiary/aromatic N) is 1. The predicted molar refractivity (Wildman–Crippen MR) is 86.8 cm³/mol. The number of benzene rings is 1. The lowest BCUT2D eigenvalue weighted by molar-refractivity contribution is 0.202. The highest BCUT2D eigenvalue weighted by Crippen LogP contribution is 2.29. The van der Waals surface area contributed by atoms with Crippen molar-refractivity contribution < 1.29 is 4.74 Å². The quantitative estimate of drug-likeness (QED) is 0.822. The molecule has 2 rings (SSSR count). The molecule has 0 radical (unpaired) electrons. The summed E-state index contributed by atoms with van der Waals surface area (Å²) in [6.07, 6.45) is 4.78. The van der Waals surface area contributed by atoms with E-state index in [4.69, 9.17) is 4.74 Å². The molecule has 0 unspecified atom stereocenters. The van der Waals surface area contributed by atoms with Gasteiger partial charge < -0.3 is 15.0 Å². The van der Waals surface area contributed by atoms with Gasteiger partial charge in [0.1, 0.15) is 0 Å². The number of fused-ring (bicyclic) bond motifs is 1. The SMILES string of the molecule is CCC(CC)N(CCOC)c1ccc2c(c1)CCCN2. The molecule has 0 aliphatic carbocycles. The van der Waals surface area contributed by atoms with E-state index in [0.717, 1.165) is 19.7 Å². The number of nitrogens with one attached hydrogen (secondary N) is 1. The van der Waals surface area contributed by atoms with Crippen molar-refractivity contribution >= 4 is 11.4 Å². The molecule has 0 amide bonds. The molecule has 1 aromatic rings. The molecule has 0 fully saturated rings. The van der Waals surface area contributed by atoms with Crippen molar-refractivity contribution in [2.24, 2.45) is 0 Å². The Bertz CT molecular complexity index is 415. The Hall–Kier alpha value is -1.22. The largest absolute Gasteiger partial charge is 0.385 e. The Labute approximate surface area is 123 Å². The van der Waals surface area contributed by atoms with Crippen LogP contribution in [-0.2, 0) is 11.2 Å². The molecule has 1 heterocycles. The zero-order chi connectivity index (χ0) is 14.4. The van der Waals surface area contributed by atoms with Crippen molar-refractivity contribution in [1.29, 1.82) is 0 Å². The fourth-order valence-electron chi connectivity index (χ4n) is 3.08. The molecule has 0 saturated carbocycles. The zero-order valence-corrected chi connectivity index (χ0v) is 13.1. The summed E-state index contributed by atoms with van der Waals surface area (Å²) in [5, 5.41) is 3.49. The Morgan fingerprint density at radius 2 is 2.10 bits per heavy atom. The van der Waals surface area contributed by atoms with Crippen LogP contribution in [0, 0.1) is 0 Å². The topological polar surface area (TPSA) is 24.5 Å². The second kappa shape index (κ2) is 7.53. The van der Waals surface area contributed by atoms with Crippen LogP contribution in [0.15, 0.2) is 18.2 Å². The summed E-state index contributed by atoms with van der Waals surface area (Å²) < 4.78 is 5.29. The van der Waals surface area contributed by atoms with Crippen LogP contribution < -0.4 is 10.2 Å². The molecule has 1 aromatic carbocycles. The van der Waals surface area contributed by atoms with Gasteiger partial charge in [0.25, 0.3) is 0 Å². The van der Waals surface area contributed by atoms with Crippen molar-refractivity contribution in [2.45, 2.75) is 45.6 Å². The Morgan fingerprint density at radius 3 is 2.80 bits per heavy atom. The molecule has 1 N–H and O–H groups in total. The van der Waals surface area contributed by atoms with Gasteiger partial charge >= 0.3 is 0 Å². The molecule has 1 aliphatic heterocycles. The van der Waals surface area contributed by atoms with Gasteiger partial charge in [0.05, 0.1) is 6.61 Å². The summed E-state index contributed by atoms with van der Waals surface area (Å²) in [5.41, 5.74) is 4.12. The van der Waals surface area contributed by atoms with Crippen LogP contribution in [-0.4, -0.2) is 32.8 Å². The van der Waals surface area contributed by atoms with Crippen LogP contribution in [0.1, 0.15) is 38.7 Å². The molecule has 20 heavy (non-hydrogen) atoms. The van der Waals surface area contributed by atoms with E-state index < -0.39 is 0 Å². The van der Waals surface area contributed by atoms with Crippen molar-refractivity contribution in [2.75, 3.05) is 37.0 Å². The number of aryl methyl sites for hydroxylation is 1. The average molecular weight is 276 g/mol. The fraction of sp³-hybridized carbons (Fsp3) is 0.647. The van der Waals surface area contributed by atoms with E-state index in [1.165, 1.54) is 42.6 Å². The van der Waals surface area contributed by atoms with Crippen LogP contribution in [0.5, 0.6) is 0 Å². The van der Waals surface area contributed by atoms with E-state index in [9.17, 15) is 0 Å². The monoisotopic (exact) mass is 276 g/mol. The standard InChI is InChI=1S/C17H28N2O/c1-4-15(5-2)19(11-12-20-3)16-8-9-17-14(13-16)7-6-10-18-17/h8-9,13,15,18H,4-7,10-12H2,1-3H3. The minimum atomic E-state index is 0.597. The molecule has 0 bridgehead atoms. The highest BCUT2D eigenvalue weighted by Gasteiger charge is 2.17. The number of anilines is 2. The van der Waals surface area contributed by atoms with Crippen LogP contribution in [0.4, 0.5) is 11.4 Å². The van der Waals surface area contributed by atoms with Gasteiger partial charge in [-0.2, -0.15) is 0 Å². The van der Waals surface area contributed by atoms with Crippen LogP contribution >= 0.6 is 0 Å². The van der Waals surface area contributed by atoms with Gasteiger partial charge in [0.15, 0.2) is 0 Å². The summed E-state index contributed by atoms with van der Waals surface area (Å²) in [5.74, 6) is 0. The lowest BCUT2D eigenvalue weighted by atomic mass is 10.0. The highest BCUT2D eigenvalue weighted by molar-refractivity contribution is 5.62. The molecule has 1 aliphatic rings. The maximum absolute atomic E-state index is 5.29. The number of methoxy groups -OCH3 is 1. The fourth-order valence-corrected chi connectivity index (χ4v) is 3.08. The smallest absolute Gasteiger partial charge is 0.0637 e. The molecule has 0 aromatic heterocycles. The van der Waals surface area contributed by atoms with Gasteiger partial charge in [-0.05, 0) is 49.4 Å². The molecular weight excluding hydrogens is 248 g/mol. The van der Waals surface area contributed by atoms with Crippen molar-refractivity contribution in [1.82, 2.24) is 0 Å². The van der Waals surface area contributed by atoms with E-state index >= 15 is 0 Å². The Balaban J connectivity index is 2.22. The van der Waals surface area contributed by atoms with Gasteiger partial charge in [-0.15, -0.1) is 0 Å². The van der Waals surface area contributed by atoms with E-state index in [1.54, 1.807) is 7.11 Å². The van der Waals surface area contributed by atoms with Gasteiger partial charge in [-0.1, -0.05) is 13.8 Å². The van der Waals surface area contributed by atoms with Crippen molar-refractivity contribution in [3.63, 3.8) is 0 Å². The first-order valence-corrected chi connectivity index (χ1v) is 7.92. The van der Waals surface area contributed by atoms with Crippen LogP contribution in [0.25, 0.3) is 0 Å². The normalized spacial score (nSPS) is 14.0. The number of rotatable bonds is 7. The Morgan fingerprint density at radius 1 is 1.30 bits per heavy atom. The maximum Gasteiger partial charge on any atom is 0.0637 e. The summed E-state index contributed by atoms with van der Waals surface area (Å²) in [7, 11) is 1.78. The van der Waals surface area contributed by atoms with E-state index in [0.29, 0.717) is 6.04 Å². The third-order valence-corrected chi connectivity index (χ3v) is 4.28. The molecule has 112 valence electrons. The number of ether oxygens (including phenoxy) is 1. The summed E-state index contributed by atoms with van der Waals surface area (Å²) in [4.78, 5) is 2.51. The second-order valence-electron chi connectivity index (χ2n) is 5.53. The average Bonchev–Trinajstić information content (AvgIpc) is 2.51. The molecule has 0 atom stereocenters. The molecule has 0 saturated heterocycles. The lowest BCUT2D eigenvalue weighted by Gasteiger charge is -2.33. The summed E-state index contributed by atoms with van der Waals surface area (Å²) in [6, 6.07) is 7.46. The minimum Gasteiger partial charge on any atom is -0.385 e. The van der Waals surface area contributed by atoms with Crippen LogP contribution in [0.3, 0.4) is 0 Å². The van der Waals surface area contributed by atoms with E-state index in [-0.39, 0.29) is 0 Å². The molecule has 3 nitrogen and oxygen atoms in total.